The monoisotopic (exact) mass is 385 g/mol. The Labute approximate surface area is 165 Å². The second-order valence-corrected chi connectivity index (χ2v) is 7.46. The lowest BCUT2D eigenvalue weighted by Gasteiger charge is -2.22. The highest BCUT2D eigenvalue weighted by Gasteiger charge is 2.18. The predicted molar refractivity (Wildman–Crippen MR) is 108 cm³/mol. The molecule has 2 aromatic rings. The molecular formula is C22H27NO5. The lowest BCUT2D eigenvalue weighted by Crippen LogP contribution is -2.40. The van der Waals surface area contributed by atoms with Gasteiger partial charge in [-0.05, 0) is 63.1 Å². The summed E-state index contributed by atoms with van der Waals surface area (Å²) in [6, 6.07) is 14.5. The Kier molecular flexibility index (Phi) is 7.04. The van der Waals surface area contributed by atoms with Gasteiger partial charge in [0.1, 0.15) is 18.0 Å². The molecule has 0 aromatic heterocycles. The van der Waals surface area contributed by atoms with Crippen molar-refractivity contribution in [1.29, 1.82) is 0 Å². The van der Waals surface area contributed by atoms with Crippen molar-refractivity contribution in [2.24, 2.45) is 0 Å². The molecule has 0 aliphatic carbocycles. The van der Waals surface area contributed by atoms with E-state index in [2.05, 4.69) is 5.32 Å². The van der Waals surface area contributed by atoms with E-state index >= 15 is 0 Å². The molecule has 2 rings (SSSR count). The molecule has 0 bridgehead atoms. The normalized spacial score (nSPS) is 12.0. The van der Waals surface area contributed by atoms with Gasteiger partial charge in [-0.1, -0.05) is 24.3 Å². The van der Waals surface area contributed by atoms with Crippen LogP contribution in [-0.4, -0.2) is 37.4 Å². The SMILES string of the molecule is COC(=O)c1cccc(-c2cccc(OC[C@H](C)NC(=O)OC(C)(C)C)c2)c1. The number of benzene rings is 2. The molecule has 6 nitrogen and oxygen atoms in total. The lowest BCUT2D eigenvalue weighted by molar-refractivity contribution is 0.0493. The van der Waals surface area contributed by atoms with Crippen molar-refractivity contribution in [2.45, 2.75) is 39.3 Å². The minimum Gasteiger partial charge on any atom is -0.491 e. The maximum atomic E-state index is 11.8. The molecule has 28 heavy (non-hydrogen) atoms. The van der Waals surface area contributed by atoms with E-state index in [0.717, 1.165) is 11.1 Å². The zero-order valence-electron chi connectivity index (χ0n) is 16.9. The average molecular weight is 385 g/mol. The van der Waals surface area contributed by atoms with Crippen LogP contribution in [0, 0.1) is 0 Å². The number of hydrogen-bond donors (Lipinski definition) is 1. The van der Waals surface area contributed by atoms with Crippen molar-refractivity contribution in [3.8, 4) is 16.9 Å². The molecule has 1 amide bonds. The van der Waals surface area contributed by atoms with Crippen LogP contribution in [0.5, 0.6) is 5.75 Å². The molecular weight excluding hydrogens is 358 g/mol. The van der Waals surface area contributed by atoms with Crippen molar-refractivity contribution in [3.63, 3.8) is 0 Å². The van der Waals surface area contributed by atoms with Crippen molar-refractivity contribution >= 4 is 12.1 Å². The Morgan fingerprint density at radius 1 is 1.04 bits per heavy atom. The molecule has 0 spiro atoms. The fraction of sp³-hybridized carbons (Fsp3) is 0.364. The molecule has 1 atom stereocenters. The number of esters is 1. The summed E-state index contributed by atoms with van der Waals surface area (Å²) in [5, 5.41) is 2.74. The van der Waals surface area contributed by atoms with Crippen LogP contribution in [0.25, 0.3) is 11.1 Å². The fourth-order valence-corrected chi connectivity index (χ4v) is 2.48. The highest BCUT2D eigenvalue weighted by molar-refractivity contribution is 5.91. The Bertz CT molecular complexity index is 826. The first-order valence-corrected chi connectivity index (χ1v) is 9.09. The number of alkyl carbamates (subject to hydrolysis) is 1. The van der Waals surface area contributed by atoms with Gasteiger partial charge in [0.2, 0.25) is 0 Å². The van der Waals surface area contributed by atoms with Gasteiger partial charge in [-0.3, -0.25) is 0 Å². The third kappa shape index (κ3) is 6.61. The molecule has 2 aromatic carbocycles. The molecule has 0 saturated heterocycles. The van der Waals surface area contributed by atoms with Gasteiger partial charge in [-0.15, -0.1) is 0 Å². The summed E-state index contributed by atoms with van der Waals surface area (Å²) >= 11 is 0. The van der Waals surface area contributed by atoms with Crippen LogP contribution >= 0.6 is 0 Å². The fourth-order valence-electron chi connectivity index (χ4n) is 2.48. The molecule has 0 fully saturated rings. The number of methoxy groups -OCH3 is 1. The number of amides is 1. The first kappa shape index (κ1) is 21.3. The zero-order valence-corrected chi connectivity index (χ0v) is 16.9. The first-order chi connectivity index (χ1) is 13.2. The van der Waals surface area contributed by atoms with E-state index < -0.39 is 11.7 Å². The number of nitrogens with one attached hydrogen (secondary N) is 1. The summed E-state index contributed by atoms with van der Waals surface area (Å²) in [6.45, 7) is 7.58. The van der Waals surface area contributed by atoms with Crippen LogP contribution in [0.2, 0.25) is 0 Å². The molecule has 0 radical (unpaired) electrons. The summed E-state index contributed by atoms with van der Waals surface area (Å²) in [6.07, 6.45) is -0.475. The topological polar surface area (TPSA) is 73.9 Å². The number of carbonyl (C=O) groups excluding carboxylic acids is 2. The smallest absolute Gasteiger partial charge is 0.407 e. The van der Waals surface area contributed by atoms with Crippen LogP contribution in [0.1, 0.15) is 38.1 Å². The number of ether oxygens (including phenoxy) is 3. The lowest BCUT2D eigenvalue weighted by atomic mass is 10.0. The number of rotatable bonds is 6. The van der Waals surface area contributed by atoms with E-state index in [0.29, 0.717) is 17.9 Å². The first-order valence-electron chi connectivity index (χ1n) is 9.09. The van der Waals surface area contributed by atoms with Gasteiger partial charge in [0.15, 0.2) is 0 Å². The van der Waals surface area contributed by atoms with Gasteiger partial charge >= 0.3 is 12.1 Å². The van der Waals surface area contributed by atoms with E-state index in [4.69, 9.17) is 14.2 Å². The van der Waals surface area contributed by atoms with Crippen LogP contribution in [0.15, 0.2) is 48.5 Å². The Balaban J connectivity index is 2.00. The van der Waals surface area contributed by atoms with Crippen molar-refractivity contribution in [3.05, 3.63) is 54.1 Å². The van der Waals surface area contributed by atoms with Gasteiger partial charge < -0.3 is 19.5 Å². The van der Waals surface area contributed by atoms with Gasteiger partial charge in [-0.25, -0.2) is 9.59 Å². The quantitative estimate of drug-likeness (QED) is 0.745. The third-order valence-electron chi connectivity index (χ3n) is 3.71. The van der Waals surface area contributed by atoms with E-state index in [1.807, 2.05) is 64.1 Å². The van der Waals surface area contributed by atoms with E-state index in [1.165, 1.54) is 7.11 Å². The van der Waals surface area contributed by atoms with Gasteiger partial charge in [-0.2, -0.15) is 0 Å². The second-order valence-electron chi connectivity index (χ2n) is 7.46. The maximum Gasteiger partial charge on any atom is 0.407 e. The van der Waals surface area contributed by atoms with E-state index in [-0.39, 0.29) is 12.0 Å². The zero-order chi connectivity index (χ0) is 20.7. The van der Waals surface area contributed by atoms with Crippen molar-refractivity contribution in [2.75, 3.05) is 13.7 Å². The van der Waals surface area contributed by atoms with Gasteiger partial charge in [0.05, 0.1) is 18.7 Å². The average Bonchev–Trinajstić information content (AvgIpc) is 2.64. The molecule has 0 unspecified atom stereocenters. The molecule has 6 heteroatoms. The number of carbonyl (C=O) groups is 2. The molecule has 150 valence electrons. The largest absolute Gasteiger partial charge is 0.491 e. The van der Waals surface area contributed by atoms with Gasteiger partial charge in [0.25, 0.3) is 0 Å². The molecule has 0 heterocycles. The van der Waals surface area contributed by atoms with Crippen molar-refractivity contribution < 1.29 is 23.8 Å². The Morgan fingerprint density at radius 3 is 2.32 bits per heavy atom. The summed E-state index contributed by atoms with van der Waals surface area (Å²) in [5.74, 6) is 0.287. The minimum atomic E-state index is -0.544. The summed E-state index contributed by atoms with van der Waals surface area (Å²) in [5.41, 5.74) is 1.74. The third-order valence-corrected chi connectivity index (χ3v) is 3.71. The van der Waals surface area contributed by atoms with Crippen molar-refractivity contribution in [1.82, 2.24) is 5.32 Å². The maximum absolute atomic E-state index is 11.8. The summed E-state index contributed by atoms with van der Waals surface area (Å²) < 4.78 is 15.8. The standard InChI is InChI=1S/C22H27NO5/c1-15(23-21(25)28-22(2,3)4)14-27-19-11-7-9-17(13-19)16-8-6-10-18(12-16)20(24)26-5/h6-13,15H,14H2,1-5H3,(H,23,25)/t15-/m0/s1. The van der Waals surface area contributed by atoms with E-state index in [9.17, 15) is 9.59 Å². The summed E-state index contributed by atoms with van der Waals surface area (Å²) in [4.78, 5) is 23.5. The highest BCUT2D eigenvalue weighted by Crippen LogP contribution is 2.25. The van der Waals surface area contributed by atoms with Crippen LogP contribution in [0.4, 0.5) is 4.79 Å². The Morgan fingerprint density at radius 2 is 1.68 bits per heavy atom. The van der Waals surface area contributed by atoms with E-state index in [1.54, 1.807) is 12.1 Å². The minimum absolute atomic E-state index is 0.221. The van der Waals surface area contributed by atoms with Crippen LogP contribution in [0.3, 0.4) is 0 Å². The highest BCUT2D eigenvalue weighted by atomic mass is 16.6. The predicted octanol–water partition coefficient (Wildman–Crippen LogP) is 4.43. The number of hydrogen-bond acceptors (Lipinski definition) is 5. The molecule has 0 saturated carbocycles. The Hall–Kier alpha value is -3.02. The second kappa shape index (κ2) is 9.26. The molecule has 1 N–H and O–H groups in total. The van der Waals surface area contributed by atoms with Crippen LogP contribution < -0.4 is 10.1 Å². The van der Waals surface area contributed by atoms with Gasteiger partial charge in [0, 0.05) is 0 Å². The molecule has 0 aliphatic heterocycles. The molecule has 0 aliphatic rings. The van der Waals surface area contributed by atoms with Crippen LogP contribution in [-0.2, 0) is 9.47 Å². The summed E-state index contributed by atoms with van der Waals surface area (Å²) in [7, 11) is 1.36.